The van der Waals surface area contributed by atoms with E-state index in [-0.39, 0.29) is 12.5 Å². The van der Waals surface area contributed by atoms with E-state index >= 15 is 0 Å². The summed E-state index contributed by atoms with van der Waals surface area (Å²) in [7, 11) is 0. The lowest BCUT2D eigenvalue weighted by Gasteiger charge is -2.19. The Bertz CT molecular complexity index is 412. The summed E-state index contributed by atoms with van der Waals surface area (Å²) in [5.74, 6) is 0.0117. The molecule has 0 spiro atoms. The minimum absolute atomic E-state index is 0.0117. The van der Waals surface area contributed by atoms with Crippen molar-refractivity contribution in [2.24, 2.45) is 5.92 Å². The molecule has 0 saturated carbocycles. The van der Waals surface area contributed by atoms with E-state index in [1.807, 2.05) is 24.3 Å². The van der Waals surface area contributed by atoms with Gasteiger partial charge in [-0.2, -0.15) is 13.2 Å². The second kappa shape index (κ2) is 9.43. The van der Waals surface area contributed by atoms with Gasteiger partial charge in [-0.3, -0.25) is 0 Å². The van der Waals surface area contributed by atoms with Crippen molar-refractivity contribution in [3.8, 4) is 0 Å². The summed E-state index contributed by atoms with van der Waals surface area (Å²) in [4.78, 5) is 0. The highest BCUT2D eigenvalue weighted by atomic mass is 79.9. The van der Waals surface area contributed by atoms with Crippen LogP contribution in [0.2, 0.25) is 0 Å². The summed E-state index contributed by atoms with van der Waals surface area (Å²) in [5.41, 5.74) is 1.08. The van der Waals surface area contributed by atoms with Gasteiger partial charge in [0.1, 0.15) is 6.61 Å². The quantitative estimate of drug-likeness (QED) is 0.660. The third kappa shape index (κ3) is 8.44. The van der Waals surface area contributed by atoms with Crippen molar-refractivity contribution in [1.29, 1.82) is 0 Å². The van der Waals surface area contributed by atoms with Crippen molar-refractivity contribution in [2.75, 3.05) is 26.3 Å². The van der Waals surface area contributed by atoms with Crippen LogP contribution in [0.15, 0.2) is 28.7 Å². The molecular formula is C15H21BrF3NO. The van der Waals surface area contributed by atoms with E-state index < -0.39 is 12.8 Å². The molecule has 0 fully saturated rings. The number of benzene rings is 1. The van der Waals surface area contributed by atoms with Gasteiger partial charge >= 0.3 is 6.18 Å². The lowest BCUT2D eigenvalue weighted by molar-refractivity contribution is -0.176. The number of ether oxygens (including phenoxy) is 1. The van der Waals surface area contributed by atoms with Gasteiger partial charge in [-0.25, -0.2) is 0 Å². The first-order valence-electron chi connectivity index (χ1n) is 7.01. The Hall–Kier alpha value is -0.590. The Labute approximate surface area is 132 Å². The van der Waals surface area contributed by atoms with Crippen LogP contribution in [0.5, 0.6) is 0 Å². The second-order valence-corrected chi connectivity index (χ2v) is 5.85. The monoisotopic (exact) mass is 367 g/mol. The predicted molar refractivity (Wildman–Crippen MR) is 81.4 cm³/mol. The molecule has 0 heterocycles. The Morgan fingerprint density at radius 3 is 2.62 bits per heavy atom. The van der Waals surface area contributed by atoms with Gasteiger partial charge in [0.2, 0.25) is 0 Å². The Balaban J connectivity index is 2.53. The van der Waals surface area contributed by atoms with Gasteiger partial charge in [-0.05, 0) is 36.9 Å². The fourth-order valence-corrected chi connectivity index (χ4v) is 2.44. The van der Waals surface area contributed by atoms with Gasteiger partial charge in [-0.15, -0.1) is 0 Å². The summed E-state index contributed by atoms with van der Waals surface area (Å²) in [6, 6.07) is 7.74. The van der Waals surface area contributed by atoms with Crippen LogP contribution in [-0.4, -0.2) is 32.5 Å². The molecule has 1 N–H and O–H groups in total. The van der Waals surface area contributed by atoms with Gasteiger partial charge in [0.15, 0.2) is 0 Å². The maximum atomic E-state index is 12.2. The third-order valence-corrected chi connectivity index (χ3v) is 3.72. The van der Waals surface area contributed by atoms with Gasteiger partial charge in [-0.1, -0.05) is 41.1 Å². The highest BCUT2D eigenvalue weighted by Crippen LogP contribution is 2.20. The molecule has 0 aliphatic carbocycles. The van der Waals surface area contributed by atoms with Gasteiger partial charge in [0, 0.05) is 11.0 Å². The highest BCUT2D eigenvalue weighted by molar-refractivity contribution is 9.10. The predicted octanol–water partition coefficient (Wildman–Crippen LogP) is 4.19. The van der Waals surface area contributed by atoms with Crippen LogP contribution in [0.4, 0.5) is 13.2 Å². The van der Waals surface area contributed by atoms with Crippen LogP contribution in [0.3, 0.4) is 0 Å². The summed E-state index contributed by atoms with van der Waals surface area (Å²) < 4.78 is 42.3. The average Bonchev–Trinajstić information content (AvgIpc) is 2.40. The summed E-state index contributed by atoms with van der Waals surface area (Å²) in [5, 5.41) is 3.25. The summed E-state index contributed by atoms with van der Waals surface area (Å²) >= 11 is 3.47. The first kappa shape index (κ1) is 18.5. The molecule has 1 rings (SSSR count). The van der Waals surface area contributed by atoms with Crippen molar-refractivity contribution in [3.05, 3.63) is 34.3 Å². The van der Waals surface area contributed by atoms with E-state index in [0.717, 1.165) is 23.0 Å². The molecular weight excluding hydrogens is 347 g/mol. The summed E-state index contributed by atoms with van der Waals surface area (Å²) in [6.07, 6.45) is -2.60. The Morgan fingerprint density at radius 1 is 1.29 bits per heavy atom. The van der Waals surface area contributed by atoms with E-state index in [0.29, 0.717) is 13.0 Å². The van der Waals surface area contributed by atoms with Crippen LogP contribution in [0.1, 0.15) is 18.9 Å². The maximum absolute atomic E-state index is 12.2. The van der Waals surface area contributed by atoms with Gasteiger partial charge in [0.05, 0.1) is 6.61 Å². The topological polar surface area (TPSA) is 21.3 Å². The second-order valence-electron chi connectivity index (χ2n) is 5.00. The fourth-order valence-electron chi connectivity index (χ4n) is 1.99. The minimum atomic E-state index is -4.27. The van der Waals surface area contributed by atoms with Crippen molar-refractivity contribution in [3.63, 3.8) is 0 Å². The molecule has 1 atom stereocenters. The minimum Gasteiger partial charge on any atom is -0.372 e. The first-order chi connectivity index (χ1) is 9.92. The molecule has 0 bridgehead atoms. The van der Waals surface area contributed by atoms with E-state index in [4.69, 9.17) is 4.74 Å². The SMILES string of the molecule is CCCNCC(COCC(F)(F)F)Cc1ccccc1Br. The number of alkyl halides is 3. The average molecular weight is 368 g/mol. The molecule has 0 aliphatic heterocycles. The zero-order valence-corrected chi connectivity index (χ0v) is 13.6. The van der Waals surface area contributed by atoms with Crippen LogP contribution < -0.4 is 5.32 Å². The van der Waals surface area contributed by atoms with Crippen LogP contribution >= 0.6 is 15.9 Å². The van der Waals surface area contributed by atoms with E-state index in [2.05, 4.69) is 28.2 Å². The molecule has 0 aliphatic rings. The van der Waals surface area contributed by atoms with E-state index in [9.17, 15) is 13.2 Å². The van der Waals surface area contributed by atoms with Crippen LogP contribution in [-0.2, 0) is 11.2 Å². The number of halogens is 4. The molecule has 120 valence electrons. The van der Waals surface area contributed by atoms with Crippen molar-refractivity contribution in [1.82, 2.24) is 5.32 Å². The standard InChI is InChI=1S/C15H21BrF3NO/c1-2-7-20-9-12(10-21-11-15(17,18)19)8-13-5-3-4-6-14(13)16/h3-6,12,20H,2,7-11H2,1H3. The van der Waals surface area contributed by atoms with Gasteiger partial charge < -0.3 is 10.1 Å². The molecule has 0 aromatic heterocycles. The Morgan fingerprint density at radius 2 is 2.00 bits per heavy atom. The lowest BCUT2D eigenvalue weighted by atomic mass is 10.00. The molecule has 0 radical (unpaired) electrons. The molecule has 0 saturated heterocycles. The Kier molecular flexibility index (Phi) is 8.29. The summed E-state index contributed by atoms with van der Waals surface area (Å²) in [6.45, 7) is 2.46. The first-order valence-corrected chi connectivity index (χ1v) is 7.80. The number of hydrogen-bond donors (Lipinski definition) is 1. The number of nitrogens with one attached hydrogen (secondary N) is 1. The lowest BCUT2D eigenvalue weighted by Crippen LogP contribution is -2.30. The van der Waals surface area contributed by atoms with Gasteiger partial charge in [0.25, 0.3) is 0 Å². The number of hydrogen-bond acceptors (Lipinski definition) is 2. The zero-order valence-electron chi connectivity index (χ0n) is 12.0. The molecule has 21 heavy (non-hydrogen) atoms. The van der Waals surface area contributed by atoms with Crippen LogP contribution in [0, 0.1) is 5.92 Å². The molecule has 1 unspecified atom stereocenters. The molecule has 1 aromatic rings. The van der Waals surface area contributed by atoms with Crippen molar-refractivity contribution >= 4 is 15.9 Å². The fraction of sp³-hybridized carbons (Fsp3) is 0.600. The van der Waals surface area contributed by atoms with Crippen LogP contribution in [0.25, 0.3) is 0 Å². The highest BCUT2D eigenvalue weighted by Gasteiger charge is 2.28. The van der Waals surface area contributed by atoms with E-state index in [1.165, 1.54) is 0 Å². The number of rotatable bonds is 9. The molecule has 0 amide bonds. The maximum Gasteiger partial charge on any atom is 0.411 e. The third-order valence-electron chi connectivity index (χ3n) is 2.95. The van der Waals surface area contributed by atoms with E-state index in [1.54, 1.807) is 0 Å². The molecule has 1 aromatic carbocycles. The van der Waals surface area contributed by atoms with Crippen molar-refractivity contribution in [2.45, 2.75) is 25.9 Å². The smallest absolute Gasteiger partial charge is 0.372 e. The largest absolute Gasteiger partial charge is 0.411 e. The van der Waals surface area contributed by atoms with Crippen molar-refractivity contribution < 1.29 is 17.9 Å². The normalized spacial score (nSPS) is 13.4. The molecule has 2 nitrogen and oxygen atoms in total. The molecule has 6 heteroatoms. The zero-order chi connectivity index (χ0) is 15.7.